The van der Waals surface area contributed by atoms with E-state index in [0.717, 1.165) is 6.42 Å². The molecule has 2 atom stereocenters. The van der Waals surface area contributed by atoms with E-state index in [-0.39, 0.29) is 1.43 Å². The minimum Gasteiger partial charge on any atom is -0.328 e. The van der Waals surface area contributed by atoms with Gasteiger partial charge in [0.1, 0.15) is 0 Å². The number of piperidine rings is 1. The van der Waals surface area contributed by atoms with Crippen LogP contribution in [0.2, 0.25) is 0 Å². The van der Waals surface area contributed by atoms with Crippen LogP contribution >= 0.6 is 0 Å². The average molecular weight is 130 g/mol. The Hall–Kier alpha value is -0.0800. The van der Waals surface area contributed by atoms with Crippen molar-refractivity contribution in [2.75, 3.05) is 13.6 Å². The molecular formula is C7H18N2. The van der Waals surface area contributed by atoms with Gasteiger partial charge in [-0.15, -0.1) is 0 Å². The maximum absolute atomic E-state index is 5.76. The molecule has 0 aromatic rings. The Balaban J connectivity index is 0.000000810. The zero-order valence-corrected chi connectivity index (χ0v) is 6.30. The zero-order valence-electron chi connectivity index (χ0n) is 6.30. The molecule has 2 heteroatoms. The van der Waals surface area contributed by atoms with Crippen molar-refractivity contribution in [2.24, 2.45) is 5.73 Å². The molecule has 1 aliphatic rings. The molecule has 0 bridgehead atoms. The van der Waals surface area contributed by atoms with E-state index in [9.17, 15) is 0 Å². The highest BCUT2D eigenvalue weighted by Gasteiger charge is 2.18. The summed E-state index contributed by atoms with van der Waals surface area (Å²) in [6, 6.07) is 1.14. The van der Waals surface area contributed by atoms with Gasteiger partial charge >= 0.3 is 0 Å². The third-order valence-corrected chi connectivity index (χ3v) is 2.25. The lowest BCUT2D eigenvalue weighted by Crippen LogP contribution is -2.43. The number of rotatable bonds is 0. The van der Waals surface area contributed by atoms with Gasteiger partial charge in [0, 0.05) is 13.5 Å². The van der Waals surface area contributed by atoms with Crippen molar-refractivity contribution in [3.05, 3.63) is 0 Å². The largest absolute Gasteiger partial charge is 0.328 e. The number of hydrogen-bond donors (Lipinski definition) is 1. The van der Waals surface area contributed by atoms with Gasteiger partial charge in [0.15, 0.2) is 0 Å². The summed E-state index contributed by atoms with van der Waals surface area (Å²) in [6.07, 6.45) is 2.33. The summed E-state index contributed by atoms with van der Waals surface area (Å²) in [5.74, 6) is 0. The minimum absolute atomic E-state index is 0. The fourth-order valence-corrected chi connectivity index (χ4v) is 1.33. The Morgan fingerprint density at radius 1 is 1.67 bits per heavy atom. The molecular weight excluding hydrogens is 112 g/mol. The van der Waals surface area contributed by atoms with Crippen molar-refractivity contribution < 1.29 is 1.43 Å². The van der Waals surface area contributed by atoms with Crippen molar-refractivity contribution in [1.82, 2.24) is 4.90 Å². The quantitative estimate of drug-likeness (QED) is 0.522. The molecule has 0 amide bonds. The fraction of sp³-hybridized carbons (Fsp3) is 1.00. The number of likely N-dealkylation sites (tertiary alicyclic amines) is 1. The molecule has 0 aromatic carbocycles. The molecule has 0 unspecified atom stereocenters. The van der Waals surface area contributed by atoms with E-state index < -0.39 is 0 Å². The summed E-state index contributed by atoms with van der Waals surface area (Å²) in [4.78, 5) is 2.36. The highest BCUT2D eigenvalue weighted by Crippen LogP contribution is 2.12. The molecule has 9 heavy (non-hydrogen) atoms. The fourth-order valence-electron chi connectivity index (χ4n) is 1.33. The lowest BCUT2D eigenvalue weighted by Gasteiger charge is -2.33. The van der Waals surface area contributed by atoms with Gasteiger partial charge in [-0.3, -0.25) is 0 Å². The number of nitrogens with two attached hydrogens (primary N) is 1. The van der Waals surface area contributed by atoms with Crippen LogP contribution in [0.5, 0.6) is 0 Å². The Kier molecular flexibility index (Phi) is 2.09. The Morgan fingerprint density at radius 3 is 2.78 bits per heavy atom. The van der Waals surface area contributed by atoms with E-state index in [1.807, 2.05) is 0 Å². The van der Waals surface area contributed by atoms with E-state index in [2.05, 4.69) is 18.9 Å². The van der Waals surface area contributed by atoms with Crippen LogP contribution < -0.4 is 5.73 Å². The smallest absolute Gasteiger partial charge is 0.00786 e. The average Bonchev–Trinajstić information content (AvgIpc) is 1.80. The van der Waals surface area contributed by atoms with Gasteiger partial charge in [0.2, 0.25) is 0 Å². The second-order valence-corrected chi connectivity index (χ2v) is 3.11. The maximum atomic E-state index is 5.76. The minimum atomic E-state index is 0. The molecule has 0 saturated carbocycles. The molecule has 0 aliphatic carbocycles. The van der Waals surface area contributed by atoms with Gasteiger partial charge in [-0.1, -0.05) is 0 Å². The SMILES string of the molecule is C[C@@H]1C[C@@H](N)CCN1C.[HH]. The van der Waals surface area contributed by atoms with Crippen LogP contribution in [-0.4, -0.2) is 30.6 Å². The van der Waals surface area contributed by atoms with Crippen molar-refractivity contribution >= 4 is 0 Å². The van der Waals surface area contributed by atoms with E-state index in [4.69, 9.17) is 5.73 Å². The Morgan fingerprint density at radius 2 is 2.33 bits per heavy atom. The monoisotopic (exact) mass is 130 g/mol. The summed E-state index contributed by atoms with van der Waals surface area (Å²) in [5, 5.41) is 0. The van der Waals surface area contributed by atoms with E-state index in [1.165, 1.54) is 13.0 Å². The summed E-state index contributed by atoms with van der Waals surface area (Å²) >= 11 is 0. The summed E-state index contributed by atoms with van der Waals surface area (Å²) in [6.45, 7) is 3.40. The number of hydrogen-bond acceptors (Lipinski definition) is 2. The first-order valence-corrected chi connectivity index (χ1v) is 3.66. The topological polar surface area (TPSA) is 29.3 Å². The number of nitrogens with zero attached hydrogens (tertiary/aromatic N) is 1. The van der Waals surface area contributed by atoms with Crippen LogP contribution in [0.15, 0.2) is 0 Å². The molecule has 0 spiro atoms. The molecule has 56 valence electrons. The van der Waals surface area contributed by atoms with Gasteiger partial charge in [-0.25, -0.2) is 0 Å². The van der Waals surface area contributed by atoms with Gasteiger partial charge in [-0.2, -0.15) is 0 Å². The summed E-state index contributed by atoms with van der Waals surface area (Å²) < 4.78 is 0. The van der Waals surface area contributed by atoms with Gasteiger partial charge < -0.3 is 10.6 Å². The predicted octanol–water partition coefficient (Wildman–Crippen LogP) is 0.674. The molecule has 0 aromatic heterocycles. The molecule has 1 saturated heterocycles. The van der Waals surface area contributed by atoms with Crippen LogP contribution in [0.25, 0.3) is 0 Å². The first kappa shape index (κ1) is 7.03. The van der Waals surface area contributed by atoms with Gasteiger partial charge in [0.05, 0.1) is 0 Å². The zero-order chi connectivity index (χ0) is 6.85. The second kappa shape index (κ2) is 2.67. The standard InChI is InChI=1S/C7H16N2.H2/c1-6-5-7(8)3-4-9(6)2;/h6-7H,3-5,8H2,1-2H3;1H/t6-,7+;/m1./s1. The Labute approximate surface area is 58.5 Å². The first-order valence-electron chi connectivity index (χ1n) is 3.66. The summed E-state index contributed by atoms with van der Waals surface area (Å²) in [5.41, 5.74) is 5.76. The van der Waals surface area contributed by atoms with E-state index in [1.54, 1.807) is 0 Å². The molecule has 2 N–H and O–H groups in total. The lowest BCUT2D eigenvalue weighted by molar-refractivity contribution is 0.184. The van der Waals surface area contributed by atoms with E-state index in [0.29, 0.717) is 12.1 Å². The third kappa shape index (κ3) is 1.66. The van der Waals surface area contributed by atoms with Crippen molar-refractivity contribution in [2.45, 2.75) is 31.8 Å². The normalized spacial score (nSPS) is 39.0. The summed E-state index contributed by atoms with van der Waals surface area (Å²) in [7, 11) is 2.16. The molecule has 1 heterocycles. The molecule has 1 fully saturated rings. The molecule has 2 nitrogen and oxygen atoms in total. The van der Waals surface area contributed by atoms with Crippen LogP contribution in [0.3, 0.4) is 0 Å². The Bertz CT molecular complexity index is 97.6. The molecule has 0 radical (unpaired) electrons. The van der Waals surface area contributed by atoms with E-state index >= 15 is 0 Å². The third-order valence-electron chi connectivity index (χ3n) is 2.25. The van der Waals surface area contributed by atoms with Gasteiger partial charge in [0.25, 0.3) is 0 Å². The molecule has 1 aliphatic heterocycles. The van der Waals surface area contributed by atoms with Crippen molar-refractivity contribution in [3.63, 3.8) is 0 Å². The van der Waals surface area contributed by atoms with Crippen LogP contribution in [0, 0.1) is 0 Å². The highest BCUT2D eigenvalue weighted by molar-refractivity contribution is 4.78. The predicted molar refractivity (Wildman–Crippen MR) is 41.4 cm³/mol. The highest BCUT2D eigenvalue weighted by atomic mass is 15.1. The van der Waals surface area contributed by atoms with Crippen LogP contribution in [0.4, 0.5) is 0 Å². The van der Waals surface area contributed by atoms with Gasteiger partial charge in [-0.05, 0) is 33.4 Å². The second-order valence-electron chi connectivity index (χ2n) is 3.11. The van der Waals surface area contributed by atoms with Crippen molar-refractivity contribution in [3.8, 4) is 0 Å². The molecule has 1 rings (SSSR count). The maximum Gasteiger partial charge on any atom is 0.00786 e. The lowest BCUT2D eigenvalue weighted by atomic mass is 10.0. The van der Waals surface area contributed by atoms with Crippen LogP contribution in [0.1, 0.15) is 21.2 Å². The van der Waals surface area contributed by atoms with Crippen molar-refractivity contribution in [1.29, 1.82) is 0 Å². The van der Waals surface area contributed by atoms with Crippen LogP contribution in [-0.2, 0) is 0 Å². The first-order chi connectivity index (χ1) is 4.20.